The third-order valence-corrected chi connectivity index (χ3v) is 7.53. The zero-order chi connectivity index (χ0) is 24.4. The maximum atomic E-state index is 12.2. The number of rotatable bonds is 10. The maximum absolute atomic E-state index is 12.2. The van der Waals surface area contributed by atoms with Crippen molar-refractivity contribution < 1.29 is 19.4 Å². The highest BCUT2D eigenvalue weighted by Gasteiger charge is 2.42. The van der Waals surface area contributed by atoms with E-state index in [0.717, 1.165) is 73.5 Å². The van der Waals surface area contributed by atoms with Crippen LogP contribution in [0.25, 0.3) is 0 Å². The smallest absolute Gasteiger partial charge is 0.325 e. The van der Waals surface area contributed by atoms with Gasteiger partial charge in [0.05, 0.1) is 18.3 Å². The maximum Gasteiger partial charge on any atom is 0.325 e. The molecule has 1 atom stereocenters. The number of hydrogen-bond acceptors (Lipinski definition) is 6. The number of carboxylic acid groups (broad SMARTS) is 1. The Balaban J connectivity index is 1.05. The highest BCUT2D eigenvalue weighted by molar-refractivity contribution is 5.77. The van der Waals surface area contributed by atoms with Gasteiger partial charge in [-0.05, 0) is 74.3 Å². The molecule has 7 heteroatoms. The van der Waals surface area contributed by atoms with Gasteiger partial charge in [-0.25, -0.2) is 4.98 Å². The average Bonchev–Trinajstić information content (AvgIpc) is 3.14. The van der Waals surface area contributed by atoms with Crippen LogP contribution in [0.2, 0.25) is 0 Å². The van der Waals surface area contributed by atoms with Crippen molar-refractivity contribution in [3.8, 4) is 0 Å². The van der Waals surface area contributed by atoms with Gasteiger partial charge in [-0.15, -0.1) is 0 Å². The van der Waals surface area contributed by atoms with Crippen molar-refractivity contribution in [3.63, 3.8) is 0 Å². The van der Waals surface area contributed by atoms with Crippen molar-refractivity contribution in [1.82, 2.24) is 9.88 Å². The van der Waals surface area contributed by atoms with Crippen molar-refractivity contribution in [2.45, 2.75) is 76.7 Å². The molecule has 35 heavy (non-hydrogen) atoms. The Morgan fingerprint density at radius 2 is 2.09 bits per heavy atom. The molecule has 0 saturated carbocycles. The molecule has 188 valence electrons. The van der Waals surface area contributed by atoms with Crippen LogP contribution in [-0.4, -0.2) is 53.3 Å². The first-order chi connectivity index (χ1) is 16.9. The average molecular weight is 480 g/mol. The summed E-state index contributed by atoms with van der Waals surface area (Å²) in [5, 5.41) is 13.5. The Morgan fingerprint density at radius 3 is 2.91 bits per heavy atom. The fraction of sp³-hybridized carbons (Fsp3) is 0.571. The number of unbranched alkanes of at least 4 members (excludes halogenated alkanes) is 2. The minimum absolute atomic E-state index is 0.103. The van der Waals surface area contributed by atoms with Crippen molar-refractivity contribution >= 4 is 11.8 Å². The molecule has 0 bridgehead atoms. The lowest BCUT2D eigenvalue weighted by Gasteiger charge is -2.43. The lowest BCUT2D eigenvalue weighted by Crippen LogP contribution is -2.55. The van der Waals surface area contributed by atoms with E-state index in [1.807, 2.05) is 36.9 Å². The topological polar surface area (TPSA) is 83.9 Å². The first kappa shape index (κ1) is 24.2. The molecule has 3 aliphatic rings. The third kappa shape index (κ3) is 5.22. The summed E-state index contributed by atoms with van der Waals surface area (Å²) in [7, 11) is 0. The van der Waals surface area contributed by atoms with Gasteiger partial charge in [0.2, 0.25) is 0 Å². The molecule has 1 aromatic carbocycles. The largest absolute Gasteiger partial charge is 0.480 e. The van der Waals surface area contributed by atoms with Gasteiger partial charge in [0.1, 0.15) is 11.9 Å². The second kappa shape index (κ2) is 10.2. The first-order valence-corrected chi connectivity index (χ1v) is 13.0. The Hall–Kier alpha value is -2.48. The third-order valence-electron chi connectivity index (χ3n) is 7.53. The molecule has 1 saturated heterocycles. The molecular weight excluding hydrogens is 442 g/mol. The molecule has 0 radical (unpaired) electrons. The minimum atomic E-state index is -0.814. The first-order valence-electron chi connectivity index (χ1n) is 13.0. The van der Waals surface area contributed by atoms with E-state index in [1.165, 1.54) is 12.0 Å². The predicted molar refractivity (Wildman–Crippen MR) is 135 cm³/mol. The van der Waals surface area contributed by atoms with Gasteiger partial charge in [-0.1, -0.05) is 30.7 Å². The summed E-state index contributed by atoms with van der Waals surface area (Å²) in [5.41, 5.74) is 5.00. The molecule has 1 aromatic heterocycles. The highest BCUT2D eigenvalue weighted by atomic mass is 16.5. The van der Waals surface area contributed by atoms with Crippen molar-refractivity contribution in [2.24, 2.45) is 0 Å². The van der Waals surface area contributed by atoms with Crippen LogP contribution in [0.1, 0.15) is 73.5 Å². The number of ether oxygens (including phenoxy) is 2. The monoisotopic (exact) mass is 479 g/mol. The summed E-state index contributed by atoms with van der Waals surface area (Å²) < 4.78 is 12.0. The number of nitrogens with zero attached hydrogens (tertiary/aromatic N) is 2. The summed E-state index contributed by atoms with van der Waals surface area (Å²) in [6, 6.07) is 9.64. The van der Waals surface area contributed by atoms with Crippen LogP contribution >= 0.6 is 0 Å². The number of nitrogens with one attached hydrogen (secondary N) is 1. The van der Waals surface area contributed by atoms with Crippen LogP contribution in [0.15, 0.2) is 30.3 Å². The molecule has 5 rings (SSSR count). The van der Waals surface area contributed by atoms with Crippen LogP contribution < -0.4 is 5.32 Å². The van der Waals surface area contributed by atoms with E-state index in [1.54, 1.807) is 0 Å². The normalized spacial score (nSPS) is 19.9. The van der Waals surface area contributed by atoms with Crippen LogP contribution in [-0.2, 0) is 39.3 Å². The summed E-state index contributed by atoms with van der Waals surface area (Å²) in [6.45, 7) is 7.60. The van der Waals surface area contributed by atoms with Gasteiger partial charge in [-0.2, -0.15) is 0 Å². The van der Waals surface area contributed by atoms with E-state index in [9.17, 15) is 9.90 Å². The number of hydrogen-bond donors (Lipinski definition) is 2. The molecule has 0 amide bonds. The number of anilines is 1. The fourth-order valence-corrected chi connectivity index (χ4v) is 5.65. The second-order valence-electron chi connectivity index (χ2n) is 10.5. The zero-order valence-corrected chi connectivity index (χ0v) is 20.9. The molecular formula is C28H37N3O4. The Bertz CT molecular complexity index is 1060. The van der Waals surface area contributed by atoms with Crippen molar-refractivity contribution in [1.29, 1.82) is 0 Å². The summed E-state index contributed by atoms with van der Waals surface area (Å²) in [6.07, 6.45) is 6.62. The van der Waals surface area contributed by atoms with Gasteiger partial charge in [0, 0.05) is 31.9 Å². The van der Waals surface area contributed by atoms with Crippen molar-refractivity contribution in [3.05, 3.63) is 58.3 Å². The van der Waals surface area contributed by atoms with Crippen molar-refractivity contribution in [2.75, 3.05) is 31.6 Å². The number of likely N-dealkylation sites (tertiary alicyclic amines) is 1. The number of carbonyl (C=O) groups is 1. The van der Waals surface area contributed by atoms with E-state index in [0.29, 0.717) is 19.7 Å². The molecule has 7 nitrogen and oxygen atoms in total. The van der Waals surface area contributed by atoms with Crippen LogP contribution in [0.4, 0.5) is 5.82 Å². The van der Waals surface area contributed by atoms with Gasteiger partial charge in [0.15, 0.2) is 0 Å². The molecule has 4 heterocycles. The Kier molecular flexibility index (Phi) is 7.09. The molecule has 0 spiro atoms. The van der Waals surface area contributed by atoms with Gasteiger partial charge in [0.25, 0.3) is 0 Å². The van der Waals surface area contributed by atoms with E-state index in [2.05, 4.69) is 17.4 Å². The number of aliphatic carboxylic acids is 1. The molecule has 0 aliphatic carbocycles. The molecule has 2 N–H and O–H groups in total. The lowest BCUT2D eigenvalue weighted by atomic mass is 9.86. The van der Waals surface area contributed by atoms with Gasteiger partial charge >= 0.3 is 5.97 Å². The number of carboxylic acids is 1. The number of fused-ring (bicyclic) bond motifs is 2. The standard InChI is InChI=1S/C28H37N3O4/c1-28(2)24-20(18-35-28)8-6-11-23(24)25(27(32)33)31-16-22(17-31)34-15-5-3-4-10-21-13-12-19-9-7-14-29-26(19)30-21/h6,8,11-13,22,25H,3-5,7,9-10,14-18H2,1-2H3,(H,29,30)(H,32,33). The molecule has 1 fully saturated rings. The number of pyridine rings is 1. The Labute approximate surface area is 207 Å². The number of aryl methyl sites for hydroxylation is 2. The number of aromatic nitrogens is 1. The van der Waals surface area contributed by atoms with E-state index in [-0.39, 0.29) is 6.10 Å². The zero-order valence-electron chi connectivity index (χ0n) is 20.9. The van der Waals surface area contributed by atoms with E-state index < -0.39 is 17.6 Å². The van der Waals surface area contributed by atoms with Crippen LogP contribution in [0.5, 0.6) is 0 Å². The van der Waals surface area contributed by atoms with Crippen LogP contribution in [0, 0.1) is 0 Å². The van der Waals surface area contributed by atoms with E-state index >= 15 is 0 Å². The highest BCUT2D eigenvalue weighted by Crippen LogP contribution is 2.42. The molecule has 3 aliphatic heterocycles. The molecule has 1 unspecified atom stereocenters. The fourth-order valence-electron chi connectivity index (χ4n) is 5.65. The van der Waals surface area contributed by atoms with Gasteiger partial charge < -0.3 is 19.9 Å². The van der Waals surface area contributed by atoms with E-state index in [4.69, 9.17) is 14.5 Å². The summed E-state index contributed by atoms with van der Waals surface area (Å²) in [4.78, 5) is 19.0. The molecule has 2 aromatic rings. The minimum Gasteiger partial charge on any atom is -0.480 e. The summed E-state index contributed by atoms with van der Waals surface area (Å²) in [5.74, 6) is 0.258. The van der Waals surface area contributed by atoms with Gasteiger partial charge in [-0.3, -0.25) is 9.69 Å². The predicted octanol–water partition coefficient (Wildman–Crippen LogP) is 4.44. The van der Waals surface area contributed by atoms with Crippen LogP contribution in [0.3, 0.4) is 0 Å². The summed E-state index contributed by atoms with van der Waals surface area (Å²) >= 11 is 0. The Morgan fingerprint density at radius 1 is 1.23 bits per heavy atom. The second-order valence-corrected chi connectivity index (χ2v) is 10.5. The number of benzene rings is 1. The lowest BCUT2D eigenvalue weighted by molar-refractivity contribution is -0.151. The SMILES string of the molecule is CC1(C)OCc2cccc(C(C(=O)O)N3CC(OCCCCCc4ccc5c(n4)NCCC5)C3)c21. The quantitative estimate of drug-likeness (QED) is 0.487.